The fraction of sp³-hybridized carbons (Fsp3) is 0.600. The second kappa shape index (κ2) is 6.04. The van der Waals surface area contributed by atoms with E-state index in [2.05, 4.69) is 19.2 Å². The van der Waals surface area contributed by atoms with Crippen LogP contribution in [0.4, 0.5) is 10.5 Å². The quantitative estimate of drug-likeness (QED) is 0.878. The van der Waals surface area contributed by atoms with Crippen molar-refractivity contribution in [3.05, 3.63) is 29.8 Å². The van der Waals surface area contributed by atoms with Crippen LogP contribution in [-0.4, -0.2) is 40.5 Å². The van der Waals surface area contributed by atoms with Crippen molar-refractivity contribution in [3.63, 3.8) is 0 Å². The zero-order chi connectivity index (χ0) is 18.4. The maximum absolute atomic E-state index is 13.2. The van der Waals surface area contributed by atoms with Crippen LogP contribution in [0.5, 0.6) is 0 Å². The fourth-order valence-electron chi connectivity index (χ4n) is 3.94. The van der Waals surface area contributed by atoms with E-state index in [0.29, 0.717) is 18.9 Å². The van der Waals surface area contributed by atoms with Crippen LogP contribution in [0.1, 0.15) is 57.8 Å². The van der Waals surface area contributed by atoms with Crippen LogP contribution >= 0.6 is 0 Å². The largest absolute Gasteiger partial charge is 0.444 e. The van der Waals surface area contributed by atoms with Crippen LogP contribution in [0.15, 0.2) is 24.3 Å². The third-order valence-electron chi connectivity index (χ3n) is 4.95. The molecule has 5 heteroatoms. The van der Waals surface area contributed by atoms with Gasteiger partial charge in [0, 0.05) is 17.8 Å². The van der Waals surface area contributed by atoms with E-state index in [1.54, 1.807) is 4.90 Å². The number of ketones is 1. The Bertz CT molecular complexity index is 692. The van der Waals surface area contributed by atoms with Gasteiger partial charge in [0.1, 0.15) is 11.1 Å². The van der Waals surface area contributed by atoms with Gasteiger partial charge in [-0.25, -0.2) is 4.79 Å². The molecule has 0 aromatic heterocycles. The Labute approximate surface area is 149 Å². The normalized spacial score (nSPS) is 25.4. The highest BCUT2D eigenvalue weighted by molar-refractivity contribution is 6.14. The number of hydrogen-bond acceptors (Lipinski definition) is 4. The number of benzene rings is 1. The molecule has 1 fully saturated rings. The minimum atomic E-state index is -0.731. The summed E-state index contributed by atoms with van der Waals surface area (Å²) >= 11 is 0. The summed E-state index contributed by atoms with van der Waals surface area (Å²) in [5.41, 5.74) is 0.311. The summed E-state index contributed by atoms with van der Waals surface area (Å²) in [4.78, 5) is 27.7. The van der Waals surface area contributed by atoms with Crippen molar-refractivity contribution in [2.24, 2.45) is 5.92 Å². The number of nitrogens with one attached hydrogen (secondary N) is 1. The topological polar surface area (TPSA) is 58.6 Å². The molecule has 3 rings (SSSR count). The molecule has 0 aliphatic carbocycles. The van der Waals surface area contributed by atoms with Crippen LogP contribution in [0.2, 0.25) is 0 Å². The first-order valence-electron chi connectivity index (χ1n) is 9.06. The Hall–Kier alpha value is -2.04. The second-order valence-corrected chi connectivity index (χ2v) is 8.54. The van der Waals surface area contributed by atoms with Crippen LogP contribution in [-0.2, 0) is 4.74 Å². The molecule has 2 heterocycles. The van der Waals surface area contributed by atoms with Gasteiger partial charge in [-0.15, -0.1) is 0 Å². The fourth-order valence-corrected chi connectivity index (χ4v) is 3.94. The van der Waals surface area contributed by atoms with Gasteiger partial charge in [0.2, 0.25) is 0 Å². The summed E-state index contributed by atoms with van der Waals surface area (Å²) in [6.07, 6.45) is 1.03. The number of ether oxygens (including phenoxy) is 1. The molecule has 2 aliphatic heterocycles. The average Bonchev–Trinajstić information content (AvgIpc) is 2.98. The summed E-state index contributed by atoms with van der Waals surface area (Å²) in [5, 5.41) is 3.46. The number of nitrogens with zero attached hydrogens (tertiary/aromatic N) is 1. The van der Waals surface area contributed by atoms with Gasteiger partial charge in [-0.2, -0.15) is 0 Å². The Morgan fingerprint density at radius 3 is 2.64 bits per heavy atom. The number of hydrogen-bond donors (Lipinski definition) is 1. The summed E-state index contributed by atoms with van der Waals surface area (Å²) in [5.74, 6) is 0.461. The molecular weight excluding hydrogens is 316 g/mol. The van der Waals surface area contributed by atoms with Crippen LogP contribution in [0, 0.1) is 5.92 Å². The molecule has 1 spiro atoms. The lowest BCUT2D eigenvalue weighted by atomic mass is 9.82. The van der Waals surface area contributed by atoms with Crippen molar-refractivity contribution in [2.75, 3.05) is 11.9 Å². The number of carbonyl (C=O) groups excluding carboxylic acids is 2. The van der Waals surface area contributed by atoms with Gasteiger partial charge >= 0.3 is 6.09 Å². The van der Waals surface area contributed by atoms with Crippen molar-refractivity contribution in [2.45, 2.75) is 64.6 Å². The van der Waals surface area contributed by atoms with Gasteiger partial charge in [-0.05, 0) is 51.7 Å². The highest BCUT2D eigenvalue weighted by Crippen LogP contribution is 2.44. The zero-order valence-electron chi connectivity index (χ0n) is 15.8. The molecule has 5 nitrogen and oxygen atoms in total. The van der Waals surface area contributed by atoms with Crippen LogP contribution in [0.25, 0.3) is 0 Å². The second-order valence-electron chi connectivity index (χ2n) is 8.54. The monoisotopic (exact) mass is 344 g/mol. The molecule has 2 atom stereocenters. The maximum atomic E-state index is 13.2. The highest BCUT2D eigenvalue weighted by atomic mass is 16.6. The Balaban J connectivity index is 1.93. The lowest BCUT2D eigenvalue weighted by Crippen LogP contribution is -2.55. The Kier molecular flexibility index (Phi) is 4.30. The van der Waals surface area contributed by atoms with E-state index in [1.165, 1.54) is 0 Å². The maximum Gasteiger partial charge on any atom is 0.410 e. The molecule has 0 radical (unpaired) electrons. The SMILES string of the molecule is CC(C)C[C@@H]1N(C(=O)OC(C)(C)C)CC[C@@]12Nc1ccccc1C2=O. The van der Waals surface area contributed by atoms with E-state index in [4.69, 9.17) is 4.74 Å². The van der Waals surface area contributed by atoms with Gasteiger partial charge in [0.15, 0.2) is 5.78 Å². The lowest BCUT2D eigenvalue weighted by molar-refractivity contribution is 0.0189. The van der Waals surface area contributed by atoms with Crippen LogP contribution < -0.4 is 5.32 Å². The molecule has 0 unspecified atom stereocenters. The average molecular weight is 344 g/mol. The third-order valence-corrected chi connectivity index (χ3v) is 4.95. The standard InChI is InChI=1S/C20H28N2O3/c1-13(2)12-16-20(10-11-22(16)18(24)25-19(3,4)5)17(23)14-8-6-7-9-15(14)21-20/h6-9,13,16,21H,10-12H2,1-5H3/t16-,20+/m0/s1. The molecular formula is C20H28N2O3. The van der Waals surface area contributed by atoms with Gasteiger partial charge in [-0.1, -0.05) is 26.0 Å². The van der Waals surface area contributed by atoms with E-state index in [-0.39, 0.29) is 17.9 Å². The van der Waals surface area contributed by atoms with Crippen LogP contribution in [0.3, 0.4) is 0 Å². The minimum Gasteiger partial charge on any atom is -0.444 e. The number of Topliss-reactive ketones (excluding diaryl/α,β-unsaturated/α-hetero) is 1. The molecule has 2 aliphatic rings. The molecule has 1 aromatic rings. The summed E-state index contributed by atoms with van der Waals surface area (Å²) in [7, 11) is 0. The van der Waals surface area contributed by atoms with E-state index >= 15 is 0 Å². The predicted molar refractivity (Wildman–Crippen MR) is 97.9 cm³/mol. The number of fused-ring (bicyclic) bond motifs is 1. The number of anilines is 1. The van der Waals surface area contributed by atoms with Gasteiger partial charge in [-0.3, -0.25) is 4.79 Å². The van der Waals surface area contributed by atoms with E-state index < -0.39 is 11.1 Å². The Morgan fingerprint density at radius 2 is 2.04 bits per heavy atom. The lowest BCUT2D eigenvalue weighted by Gasteiger charge is -2.36. The zero-order valence-corrected chi connectivity index (χ0v) is 15.8. The van der Waals surface area contributed by atoms with Crippen molar-refractivity contribution in [1.82, 2.24) is 4.90 Å². The van der Waals surface area contributed by atoms with Crippen molar-refractivity contribution in [1.29, 1.82) is 0 Å². The van der Waals surface area contributed by atoms with E-state index in [9.17, 15) is 9.59 Å². The summed E-state index contributed by atoms with van der Waals surface area (Å²) in [6, 6.07) is 7.40. The number of amides is 1. The number of para-hydroxylation sites is 1. The molecule has 1 saturated heterocycles. The minimum absolute atomic E-state index is 0.0970. The van der Waals surface area contributed by atoms with E-state index in [0.717, 1.165) is 17.7 Å². The number of carbonyl (C=O) groups is 2. The molecule has 136 valence electrons. The number of likely N-dealkylation sites (tertiary alicyclic amines) is 1. The van der Waals surface area contributed by atoms with Crippen molar-refractivity contribution < 1.29 is 14.3 Å². The van der Waals surface area contributed by atoms with Gasteiger partial charge in [0.05, 0.1) is 6.04 Å². The first-order chi connectivity index (χ1) is 11.6. The first-order valence-corrected chi connectivity index (χ1v) is 9.06. The molecule has 1 aromatic carbocycles. The molecule has 0 saturated carbocycles. The van der Waals surface area contributed by atoms with Gasteiger partial charge < -0.3 is 15.0 Å². The smallest absolute Gasteiger partial charge is 0.410 e. The number of rotatable bonds is 2. The third kappa shape index (κ3) is 3.12. The Morgan fingerprint density at radius 1 is 1.36 bits per heavy atom. The molecule has 1 N–H and O–H groups in total. The summed E-state index contributed by atoms with van der Waals surface area (Å²) in [6.45, 7) is 10.4. The molecule has 1 amide bonds. The highest BCUT2D eigenvalue weighted by Gasteiger charge is 2.58. The van der Waals surface area contributed by atoms with Crippen molar-refractivity contribution in [3.8, 4) is 0 Å². The van der Waals surface area contributed by atoms with Gasteiger partial charge in [0.25, 0.3) is 0 Å². The molecule has 0 bridgehead atoms. The van der Waals surface area contributed by atoms with E-state index in [1.807, 2.05) is 45.0 Å². The predicted octanol–water partition coefficient (Wildman–Crippen LogP) is 4.09. The summed E-state index contributed by atoms with van der Waals surface area (Å²) < 4.78 is 5.60. The first kappa shape index (κ1) is 17.8. The molecule has 25 heavy (non-hydrogen) atoms. The van der Waals surface area contributed by atoms with Crippen molar-refractivity contribution >= 4 is 17.6 Å².